The fourth-order valence-corrected chi connectivity index (χ4v) is 6.39. The van der Waals surface area contributed by atoms with E-state index in [9.17, 15) is 14.4 Å². The van der Waals surface area contributed by atoms with Crippen molar-refractivity contribution in [1.82, 2.24) is 0 Å². The maximum atomic E-state index is 13.1. The molecule has 3 aromatic rings. The van der Waals surface area contributed by atoms with Gasteiger partial charge in [-0.2, -0.15) is 0 Å². The summed E-state index contributed by atoms with van der Waals surface area (Å²) < 4.78 is 5.04. The minimum atomic E-state index is -0.420. The number of amides is 2. The predicted octanol–water partition coefficient (Wildman–Crippen LogP) is 6.57. The Morgan fingerprint density at radius 2 is 1.78 bits per heavy atom. The van der Waals surface area contributed by atoms with Crippen LogP contribution in [0.4, 0.5) is 10.7 Å². The van der Waals surface area contributed by atoms with Crippen molar-refractivity contribution in [2.24, 2.45) is 0 Å². The number of nitrogens with one attached hydrogen (secondary N) is 2. The molecule has 0 aliphatic heterocycles. The standard InChI is InChI=1S/C29H30N2O4S2/c1-19(27(33)31-28-26(29(34)35-2)23-14-7-4-8-15-24(23)37-28)36-22-13-9-12-21(18-22)30-25(32)17-16-20-10-5-3-6-11-20/h3,5-6,9-13,16-19H,4,7-8,14-15H2,1-2H3,(H,30,32)(H,31,33)/b17-16+. The molecule has 4 rings (SSSR count). The molecular formula is C29H30N2O4S2. The molecule has 1 aromatic heterocycles. The number of esters is 1. The van der Waals surface area contributed by atoms with Crippen LogP contribution >= 0.6 is 23.1 Å². The average molecular weight is 535 g/mol. The number of carbonyl (C=O) groups excluding carboxylic acids is 3. The first-order valence-electron chi connectivity index (χ1n) is 12.3. The average Bonchev–Trinajstić information content (AvgIpc) is 3.07. The molecule has 1 unspecified atom stereocenters. The van der Waals surface area contributed by atoms with Crippen molar-refractivity contribution in [2.45, 2.75) is 49.2 Å². The summed E-state index contributed by atoms with van der Waals surface area (Å²) in [5.74, 6) is -0.823. The van der Waals surface area contributed by atoms with Crippen LogP contribution in [0.3, 0.4) is 0 Å². The van der Waals surface area contributed by atoms with Crippen LogP contribution in [0.1, 0.15) is 52.5 Å². The van der Waals surface area contributed by atoms with Gasteiger partial charge >= 0.3 is 5.97 Å². The molecule has 2 aromatic carbocycles. The molecule has 1 aliphatic rings. The summed E-state index contributed by atoms with van der Waals surface area (Å²) in [5.41, 5.74) is 3.12. The number of hydrogen-bond donors (Lipinski definition) is 2. The summed E-state index contributed by atoms with van der Waals surface area (Å²) in [6.45, 7) is 1.82. The number of methoxy groups -OCH3 is 1. The van der Waals surface area contributed by atoms with E-state index in [1.807, 2.05) is 61.5 Å². The van der Waals surface area contributed by atoms with E-state index in [0.29, 0.717) is 16.3 Å². The Balaban J connectivity index is 1.40. The van der Waals surface area contributed by atoms with Crippen LogP contribution < -0.4 is 10.6 Å². The first-order chi connectivity index (χ1) is 17.9. The summed E-state index contributed by atoms with van der Waals surface area (Å²) in [7, 11) is 1.37. The molecule has 0 bridgehead atoms. The third-order valence-corrected chi connectivity index (χ3v) is 8.36. The van der Waals surface area contributed by atoms with E-state index in [1.165, 1.54) is 41.2 Å². The summed E-state index contributed by atoms with van der Waals surface area (Å²) in [6, 6.07) is 17.0. The first-order valence-corrected chi connectivity index (χ1v) is 14.0. The monoisotopic (exact) mass is 534 g/mol. The molecule has 1 heterocycles. The largest absolute Gasteiger partial charge is 0.465 e. The van der Waals surface area contributed by atoms with Crippen LogP contribution in [-0.4, -0.2) is 30.1 Å². The Morgan fingerprint density at radius 3 is 2.57 bits per heavy atom. The number of anilines is 2. The second kappa shape index (κ2) is 12.7. The van der Waals surface area contributed by atoms with E-state index >= 15 is 0 Å². The van der Waals surface area contributed by atoms with E-state index in [1.54, 1.807) is 6.08 Å². The molecule has 2 N–H and O–H groups in total. The second-order valence-electron chi connectivity index (χ2n) is 8.77. The number of thioether (sulfide) groups is 1. The smallest absolute Gasteiger partial charge is 0.341 e. The van der Waals surface area contributed by atoms with Crippen molar-refractivity contribution in [2.75, 3.05) is 17.7 Å². The Labute approximate surface area is 225 Å². The van der Waals surface area contributed by atoms with Crippen LogP contribution in [0.5, 0.6) is 0 Å². The van der Waals surface area contributed by atoms with Crippen molar-refractivity contribution < 1.29 is 19.1 Å². The maximum absolute atomic E-state index is 13.1. The summed E-state index contributed by atoms with van der Waals surface area (Å²) >= 11 is 2.87. The Bertz CT molecular complexity index is 1300. The molecule has 1 atom stereocenters. The van der Waals surface area contributed by atoms with Crippen molar-refractivity contribution in [1.29, 1.82) is 0 Å². The van der Waals surface area contributed by atoms with Gasteiger partial charge in [0.25, 0.3) is 0 Å². The van der Waals surface area contributed by atoms with Gasteiger partial charge in [-0.3, -0.25) is 9.59 Å². The molecule has 0 radical (unpaired) electrons. The molecule has 0 fully saturated rings. The van der Waals surface area contributed by atoms with Gasteiger partial charge in [-0.15, -0.1) is 23.1 Å². The van der Waals surface area contributed by atoms with E-state index in [2.05, 4.69) is 10.6 Å². The highest BCUT2D eigenvalue weighted by Crippen LogP contribution is 2.38. The highest BCUT2D eigenvalue weighted by Gasteiger charge is 2.27. The van der Waals surface area contributed by atoms with Crippen LogP contribution in [0.2, 0.25) is 0 Å². The molecule has 192 valence electrons. The van der Waals surface area contributed by atoms with Gasteiger partial charge < -0.3 is 15.4 Å². The van der Waals surface area contributed by atoms with Gasteiger partial charge in [-0.25, -0.2) is 4.79 Å². The number of hydrogen-bond acceptors (Lipinski definition) is 6. The van der Waals surface area contributed by atoms with Crippen molar-refractivity contribution in [3.8, 4) is 0 Å². The zero-order valence-corrected chi connectivity index (χ0v) is 22.5. The number of benzene rings is 2. The van der Waals surface area contributed by atoms with Crippen LogP contribution in [0.15, 0.2) is 65.6 Å². The van der Waals surface area contributed by atoms with Crippen LogP contribution in [0.25, 0.3) is 6.08 Å². The van der Waals surface area contributed by atoms with Gasteiger partial charge in [0.15, 0.2) is 0 Å². The SMILES string of the molecule is COC(=O)c1c(NC(=O)C(C)Sc2cccc(NC(=O)/C=C/c3ccccc3)c2)sc2c1CCCCC2. The lowest BCUT2D eigenvalue weighted by Gasteiger charge is -2.13. The molecule has 1 aliphatic carbocycles. The van der Waals surface area contributed by atoms with E-state index in [-0.39, 0.29) is 11.8 Å². The number of ether oxygens (including phenoxy) is 1. The highest BCUT2D eigenvalue weighted by atomic mass is 32.2. The first kappa shape index (κ1) is 26.7. The van der Waals surface area contributed by atoms with Crippen molar-refractivity contribution in [3.05, 3.63) is 82.2 Å². The van der Waals surface area contributed by atoms with Gasteiger partial charge in [0, 0.05) is 21.5 Å². The number of rotatable bonds is 8. The van der Waals surface area contributed by atoms with E-state index < -0.39 is 11.2 Å². The molecule has 37 heavy (non-hydrogen) atoms. The maximum Gasteiger partial charge on any atom is 0.341 e. The third kappa shape index (κ3) is 7.11. The van der Waals surface area contributed by atoms with E-state index in [4.69, 9.17) is 4.74 Å². The molecule has 0 saturated heterocycles. The van der Waals surface area contributed by atoms with Gasteiger partial charge in [0.1, 0.15) is 5.00 Å². The fraction of sp³-hybridized carbons (Fsp3) is 0.276. The zero-order valence-electron chi connectivity index (χ0n) is 20.9. The van der Waals surface area contributed by atoms with Crippen molar-refractivity contribution in [3.63, 3.8) is 0 Å². The zero-order chi connectivity index (χ0) is 26.2. The number of thiophene rings is 1. The van der Waals surface area contributed by atoms with Gasteiger partial charge in [-0.1, -0.05) is 42.8 Å². The molecular weight excluding hydrogens is 504 g/mol. The number of aryl methyl sites for hydroxylation is 1. The molecule has 2 amide bonds. The Kier molecular flexibility index (Phi) is 9.19. The predicted molar refractivity (Wildman–Crippen MR) is 151 cm³/mol. The second-order valence-corrected chi connectivity index (χ2v) is 11.3. The Hall–Kier alpha value is -3.36. The lowest BCUT2D eigenvalue weighted by atomic mass is 10.1. The fourth-order valence-electron chi connectivity index (χ4n) is 4.19. The van der Waals surface area contributed by atoms with E-state index in [0.717, 1.165) is 48.1 Å². The Morgan fingerprint density at radius 1 is 1.00 bits per heavy atom. The number of fused-ring (bicyclic) bond motifs is 1. The summed E-state index contributed by atoms with van der Waals surface area (Å²) in [4.78, 5) is 40.0. The van der Waals surface area contributed by atoms with Crippen molar-refractivity contribution >= 4 is 57.6 Å². The quantitative estimate of drug-likeness (QED) is 0.148. The molecule has 0 saturated carbocycles. The van der Waals surface area contributed by atoms with Gasteiger partial charge in [-0.05, 0) is 68.0 Å². The lowest BCUT2D eigenvalue weighted by Crippen LogP contribution is -2.23. The lowest BCUT2D eigenvalue weighted by molar-refractivity contribution is -0.115. The van der Waals surface area contributed by atoms with Gasteiger partial charge in [0.2, 0.25) is 11.8 Å². The molecule has 8 heteroatoms. The third-order valence-electron chi connectivity index (χ3n) is 6.06. The molecule has 0 spiro atoms. The normalized spacial score (nSPS) is 13.9. The number of carbonyl (C=O) groups is 3. The topological polar surface area (TPSA) is 84.5 Å². The van der Waals surface area contributed by atoms with Crippen LogP contribution in [-0.2, 0) is 27.2 Å². The summed E-state index contributed by atoms with van der Waals surface area (Å²) in [5, 5.41) is 6.00. The highest BCUT2D eigenvalue weighted by molar-refractivity contribution is 8.00. The van der Waals surface area contributed by atoms with Crippen LogP contribution in [0, 0.1) is 0 Å². The minimum Gasteiger partial charge on any atom is -0.465 e. The minimum absolute atomic E-state index is 0.188. The van der Waals surface area contributed by atoms with Gasteiger partial charge in [0.05, 0.1) is 17.9 Å². The summed E-state index contributed by atoms with van der Waals surface area (Å²) in [6.07, 6.45) is 8.25. The molecule has 6 nitrogen and oxygen atoms in total.